The van der Waals surface area contributed by atoms with Gasteiger partial charge in [0.2, 0.25) is 16.9 Å². The molecule has 0 radical (unpaired) electrons. The number of hydrogen-bond donors (Lipinski definition) is 1. The molecule has 0 saturated carbocycles. The standard InChI is InChI=1S/C25H24Cl2N2O6/c1-25(2,28-24(32)33)15-29(13-17-8-9-18(26)19(27)12-17)23(31)22-21(20(30)10-11-34-22)35-14-16-6-4-3-5-7-16/h3-12,28H,13-15H2,1-2H3,(H,32,33)/p-1. The van der Waals surface area contributed by atoms with E-state index in [1.165, 1.54) is 4.90 Å². The molecule has 0 bridgehead atoms. The van der Waals surface area contributed by atoms with Crippen LogP contribution in [0.5, 0.6) is 5.75 Å². The Morgan fingerprint density at radius 1 is 1.06 bits per heavy atom. The van der Waals surface area contributed by atoms with Gasteiger partial charge in [-0.25, -0.2) is 0 Å². The van der Waals surface area contributed by atoms with Crippen molar-refractivity contribution < 1.29 is 23.8 Å². The summed E-state index contributed by atoms with van der Waals surface area (Å²) in [5, 5.41) is 14.1. The average Bonchev–Trinajstić information content (AvgIpc) is 2.79. The monoisotopic (exact) mass is 517 g/mol. The van der Waals surface area contributed by atoms with Gasteiger partial charge in [0, 0.05) is 19.2 Å². The van der Waals surface area contributed by atoms with Crippen LogP contribution in [0.2, 0.25) is 10.0 Å². The molecule has 2 amide bonds. The molecule has 35 heavy (non-hydrogen) atoms. The van der Waals surface area contributed by atoms with Gasteiger partial charge in [-0.15, -0.1) is 0 Å². The van der Waals surface area contributed by atoms with E-state index in [2.05, 4.69) is 5.32 Å². The third kappa shape index (κ3) is 7.24. The zero-order valence-electron chi connectivity index (χ0n) is 19.0. The van der Waals surface area contributed by atoms with Crippen LogP contribution >= 0.6 is 23.2 Å². The van der Waals surface area contributed by atoms with E-state index < -0.39 is 23.0 Å². The van der Waals surface area contributed by atoms with E-state index in [1.54, 1.807) is 32.0 Å². The van der Waals surface area contributed by atoms with E-state index in [-0.39, 0.29) is 31.2 Å². The van der Waals surface area contributed by atoms with Crippen LogP contribution in [0, 0.1) is 0 Å². The first-order valence-corrected chi connectivity index (χ1v) is 11.3. The van der Waals surface area contributed by atoms with Crippen LogP contribution in [-0.2, 0) is 13.2 Å². The fraction of sp³-hybridized carbons (Fsp3) is 0.240. The fourth-order valence-electron chi connectivity index (χ4n) is 3.41. The number of rotatable bonds is 9. The third-order valence-corrected chi connectivity index (χ3v) is 5.67. The van der Waals surface area contributed by atoms with Crippen molar-refractivity contribution in [3.05, 3.63) is 98.0 Å². The van der Waals surface area contributed by atoms with Gasteiger partial charge >= 0.3 is 0 Å². The summed E-state index contributed by atoms with van der Waals surface area (Å²) in [5.74, 6) is -1.23. The highest BCUT2D eigenvalue weighted by molar-refractivity contribution is 6.42. The number of nitrogens with one attached hydrogen (secondary N) is 1. The van der Waals surface area contributed by atoms with Crippen LogP contribution in [0.1, 0.15) is 35.5 Å². The van der Waals surface area contributed by atoms with Crippen LogP contribution in [0.3, 0.4) is 0 Å². The zero-order valence-corrected chi connectivity index (χ0v) is 20.6. The fourth-order valence-corrected chi connectivity index (χ4v) is 3.73. The van der Waals surface area contributed by atoms with Gasteiger partial charge < -0.3 is 29.3 Å². The summed E-state index contributed by atoms with van der Waals surface area (Å²) < 4.78 is 11.1. The van der Waals surface area contributed by atoms with Crippen molar-refractivity contribution in [1.29, 1.82) is 0 Å². The SMILES string of the molecule is CC(C)(CN(Cc1ccc(Cl)c(Cl)c1)C(=O)c1occc(=O)c1OCc1ccccc1)NC(=O)[O-]. The molecule has 3 rings (SSSR count). The maximum Gasteiger partial charge on any atom is 0.294 e. The minimum absolute atomic E-state index is 0.0185. The highest BCUT2D eigenvalue weighted by Gasteiger charge is 2.30. The van der Waals surface area contributed by atoms with E-state index in [1.807, 2.05) is 30.3 Å². The van der Waals surface area contributed by atoms with Crippen molar-refractivity contribution in [3.63, 3.8) is 0 Å². The summed E-state index contributed by atoms with van der Waals surface area (Å²) in [6.45, 7) is 3.15. The summed E-state index contributed by atoms with van der Waals surface area (Å²) >= 11 is 12.1. The lowest BCUT2D eigenvalue weighted by Crippen LogP contribution is -2.55. The molecule has 0 aliphatic heterocycles. The molecule has 0 fully saturated rings. The van der Waals surface area contributed by atoms with Crippen LogP contribution in [-0.4, -0.2) is 29.0 Å². The summed E-state index contributed by atoms with van der Waals surface area (Å²) in [5.41, 5.74) is -0.203. The quantitative estimate of drug-likeness (QED) is 0.460. The summed E-state index contributed by atoms with van der Waals surface area (Å²) in [4.78, 5) is 38.7. The van der Waals surface area contributed by atoms with Gasteiger partial charge in [-0.05, 0) is 37.1 Å². The van der Waals surface area contributed by atoms with Crippen molar-refractivity contribution in [2.45, 2.75) is 32.5 Å². The predicted octanol–water partition coefficient (Wildman–Crippen LogP) is 3.88. The van der Waals surface area contributed by atoms with Gasteiger partial charge in [-0.2, -0.15) is 0 Å². The Kier molecular flexibility index (Phi) is 8.43. The summed E-state index contributed by atoms with van der Waals surface area (Å²) in [6, 6.07) is 15.1. The maximum atomic E-state index is 13.6. The molecule has 1 N–H and O–H groups in total. The predicted molar refractivity (Wildman–Crippen MR) is 130 cm³/mol. The molecule has 0 unspecified atom stereocenters. The number of amides is 2. The van der Waals surface area contributed by atoms with E-state index in [9.17, 15) is 19.5 Å². The minimum atomic E-state index is -1.49. The molecule has 0 aliphatic carbocycles. The molecule has 184 valence electrons. The molecule has 0 saturated heterocycles. The molecule has 3 aromatic rings. The number of hydrogen-bond acceptors (Lipinski definition) is 6. The first kappa shape index (κ1) is 26.1. The normalized spacial score (nSPS) is 11.1. The third-order valence-electron chi connectivity index (χ3n) is 4.93. The molecule has 10 heteroatoms. The van der Waals surface area contributed by atoms with Crippen LogP contribution in [0.4, 0.5) is 4.79 Å². The number of halogens is 2. The second-order valence-electron chi connectivity index (χ2n) is 8.42. The van der Waals surface area contributed by atoms with Gasteiger partial charge in [0.15, 0.2) is 0 Å². The highest BCUT2D eigenvalue weighted by Crippen LogP contribution is 2.25. The van der Waals surface area contributed by atoms with E-state index in [0.717, 1.165) is 17.9 Å². The van der Waals surface area contributed by atoms with Gasteiger partial charge in [0.05, 0.1) is 21.8 Å². The van der Waals surface area contributed by atoms with Gasteiger partial charge in [-0.1, -0.05) is 59.6 Å². The van der Waals surface area contributed by atoms with Gasteiger partial charge in [0.1, 0.15) is 12.7 Å². The number of nitrogens with zero attached hydrogens (tertiary/aromatic N) is 1. The molecular weight excluding hydrogens is 495 g/mol. The number of carbonyl (C=O) groups excluding carboxylic acids is 2. The van der Waals surface area contributed by atoms with Crippen molar-refractivity contribution in [2.75, 3.05) is 6.54 Å². The second-order valence-corrected chi connectivity index (χ2v) is 9.24. The first-order valence-electron chi connectivity index (χ1n) is 10.6. The lowest BCUT2D eigenvalue weighted by molar-refractivity contribution is -0.252. The Hall–Kier alpha value is -3.49. The molecule has 0 atom stereocenters. The molecular formula is C25H23Cl2N2O6-. The smallest absolute Gasteiger partial charge is 0.294 e. The van der Waals surface area contributed by atoms with Crippen molar-refractivity contribution in [3.8, 4) is 5.75 Å². The Labute approximate surface area is 212 Å². The Bertz CT molecular complexity index is 1260. The lowest BCUT2D eigenvalue weighted by atomic mass is 10.0. The topological polar surface area (TPSA) is 112 Å². The van der Waals surface area contributed by atoms with Crippen LogP contribution in [0.15, 0.2) is 70.1 Å². The molecule has 8 nitrogen and oxygen atoms in total. The number of ether oxygens (including phenoxy) is 1. The number of carboxylic acid groups (broad SMARTS) is 1. The second kappa shape index (κ2) is 11.3. The van der Waals surface area contributed by atoms with E-state index >= 15 is 0 Å². The van der Waals surface area contributed by atoms with Crippen molar-refractivity contribution in [1.82, 2.24) is 10.2 Å². The number of benzene rings is 2. The maximum absolute atomic E-state index is 13.6. The number of carbonyl (C=O) groups is 2. The molecule has 1 aromatic heterocycles. The highest BCUT2D eigenvalue weighted by atomic mass is 35.5. The van der Waals surface area contributed by atoms with Crippen LogP contribution in [0.25, 0.3) is 0 Å². The van der Waals surface area contributed by atoms with E-state index in [4.69, 9.17) is 32.4 Å². The largest absolute Gasteiger partial charge is 0.530 e. The van der Waals surface area contributed by atoms with Crippen molar-refractivity contribution in [2.24, 2.45) is 0 Å². The molecule has 2 aromatic carbocycles. The molecule has 1 heterocycles. The van der Waals surface area contributed by atoms with Crippen LogP contribution < -0.4 is 20.6 Å². The Balaban J connectivity index is 1.95. The van der Waals surface area contributed by atoms with Crippen molar-refractivity contribution >= 4 is 35.2 Å². The van der Waals surface area contributed by atoms with Gasteiger partial charge in [-0.3, -0.25) is 9.59 Å². The first-order chi connectivity index (χ1) is 16.6. The Morgan fingerprint density at radius 2 is 1.77 bits per heavy atom. The van der Waals surface area contributed by atoms with E-state index in [0.29, 0.717) is 15.6 Å². The molecule has 0 spiro atoms. The Morgan fingerprint density at radius 3 is 2.43 bits per heavy atom. The average molecular weight is 518 g/mol. The molecule has 0 aliphatic rings. The summed E-state index contributed by atoms with van der Waals surface area (Å²) in [7, 11) is 0. The summed E-state index contributed by atoms with van der Waals surface area (Å²) in [6.07, 6.45) is -0.387. The lowest BCUT2D eigenvalue weighted by Gasteiger charge is -2.34. The zero-order chi connectivity index (χ0) is 25.6. The van der Waals surface area contributed by atoms with Gasteiger partial charge in [0.25, 0.3) is 5.91 Å². The minimum Gasteiger partial charge on any atom is -0.530 e.